The van der Waals surface area contributed by atoms with Crippen LogP contribution in [0.2, 0.25) is 5.02 Å². The Morgan fingerprint density at radius 2 is 1.79 bits per heavy atom. The molecule has 1 aliphatic heterocycles. The smallest absolute Gasteiger partial charge is 0.226 e. The van der Waals surface area contributed by atoms with Crippen molar-refractivity contribution in [3.8, 4) is 0 Å². The molecular weight excluding hydrogens is 379 g/mol. The summed E-state index contributed by atoms with van der Waals surface area (Å²) in [4.78, 5) is 17.5. The number of hydrogen-bond donors (Lipinski definition) is 1. The zero-order valence-electron chi connectivity index (χ0n) is 14.7. The van der Waals surface area contributed by atoms with E-state index >= 15 is 0 Å². The number of nitrogens with zero attached hydrogens (tertiary/aromatic N) is 3. The second kappa shape index (κ2) is 6.56. The van der Waals surface area contributed by atoms with Gasteiger partial charge in [0.2, 0.25) is 5.95 Å². The topological polar surface area (TPSA) is 59.8 Å². The lowest BCUT2D eigenvalue weighted by molar-refractivity contribution is -0.123. The minimum absolute atomic E-state index is 0.104. The molecule has 0 bridgehead atoms. The number of allylic oxidation sites excluding steroid dienone is 2. The van der Waals surface area contributed by atoms with Crippen molar-refractivity contribution in [3.63, 3.8) is 0 Å². The first-order chi connectivity index (χ1) is 13.6. The van der Waals surface area contributed by atoms with Crippen LogP contribution in [0, 0.1) is 11.7 Å². The Labute approximate surface area is 165 Å². The predicted octanol–water partition coefficient (Wildman–Crippen LogP) is 4.34. The first kappa shape index (κ1) is 17.1. The van der Waals surface area contributed by atoms with Crippen molar-refractivity contribution in [1.29, 1.82) is 0 Å². The number of ketones is 1. The maximum Gasteiger partial charge on any atom is 0.226 e. The second-order valence-electron chi connectivity index (χ2n) is 7.08. The second-order valence-corrected chi connectivity index (χ2v) is 7.51. The highest BCUT2D eigenvalue weighted by Gasteiger charge is 2.43. The SMILES string of the molecule is O=C1C[C@H](c2ccc(F)cc2)C=C2Nc3ncnn3[C@H](c3ccc(Cl)cc3)[C@@H]12. The maximum absolute atomic E-state index is 13.3. The number of nitrogens with one attached hydrogen (secondary N) is 1. The van der Waals surface area contributed by atoms with Crippen LogP contribution in [0.5, 0.6) is 0 Å². The average Bonchev–Trinajstić information content (AvgIpc) is 3.16. The van der Waals surface area contributed by atoms with E-state index in [2.05, 4.69) is 21.5 Å². The van der Waals surface area contributed by atoms with Crippen LogP contribution in [0.15, 0.2) is 66.6 Å². The zero-order valence-corrected chi connectivity index (χ0v) is 15.5. The molecule has 2 heterocycles. The third-order valence-electron chi connectivity index (χ3n) is 5.40. The van der Waals surface area contributed by atoms with E-state index in [0.717, 1.165) is 16.8 Å². The third-order valence-corrected chi connectivity index (χ3v) is 5.65. The molecule has 3 atom stereocenters. The zero-order chi connectivity index (χ0) is 19.3. The number of hydrogen-bond acceptors (Lipinski definition) is 4. The summed E-state index contributed by atoms with van der Waals surface area (Å²) in [7, 11) is 0. The molecule has 0 radical (unpaired) electrons. The molecule has 0 amide bonds. The maximum atomic E-state index is 13.3. The van der Waals surface area contributed by atoms with Crippen LogP contribution < -0.4 is 5.32 Å². The molecule has 0 fully saturated rings. The number of rotatable bonds is 2. The summed E-state index contributed by atoms with van der Waals surface area (Å²) in [5.41, 5.74) is 2.67. The fraction of sp³-hybridized carbons (Fsp3) is 0.190. The minimum Gasteiger partial charge on any atom is -0.328 e. The Hall–Kier alpha value is -2.99. The van der Waals surface area contributed by atoms with Crippen LogP contribution in [0.4, 0.5) is 10.3 Å². The predicted molar refractivity (Wildman–Crippen MR) is 104 cm³/mol. The van der Waals surface area contributed by atoms with E-state index in [1.54, 1.807) is 16.8 Å². The number of aromatic nitrogens is 3. The lowest BCUT2D eigenvalue weighted by Gasteiger charge is -2.38. The van der Waals surface area contributed by atoms with Crippen LogP contribution in [0.25, 0.3) is 0 Å². The highest BCUT2D eigenvalue weighted by molar-refractivity contribution is 6.30. The highest BCUT2D eigenvalue weighted by Crippen LogP contribution is 2.44. The van der Waals surface area contributed by atoms with Gasteiger partial charge in [0.05, 0.1) is 12.0 Å². The molecule has 0 unspecified atom stereocenters. The number of fused-ring (bicyclic) bond motifs is 2. The monoisotopic (exact) mass is 394 g/mol. The van der Waals surface area contributed by atoms with Gasteiger partial charge in [0.15, 0.2) is 0 Å². The van der Waals surface area contributed by atoms with Gasteiger partial charge >= 0.3 is 0 Å². The molecular formula is C21H16ClFN4O. The summed E-state index contributed by atoms with van der Waals surface area (Å²) in [6, 6.07) is 13.5. The summed E-state index contributed by atoms with van der Waals surface area (Å²) in [5.74, 6) is -0.0715. The van der Waals surface area contributed by atoms with Crippen LogP contribution in [0.1, 0.15) is 29.5 Å². The molecule has 3 aromatic rings. The van der Waals surface area contributed by atoms with E-state index < -0.39 is 0 Å². The van der Waals surface area contributed by atoms with Gasteiger partial charge in [0, 0.05) is 23.1 Å². The Kier molecular flexibility index (Phi) is 4.02. The first-order valence-electron chi connectivity index (χ1n) is 9.02. The van der Waals surface area contributed by atoms with E-state index in [0.29, 0.717) is 17.4 Å². The van der Waals surface area contributed by atoms with Gasteiger partial charge in [-0.2, -0.15) is 10.1 Å². The van der Waals surface area contributed by atoms with E-state index in [1.165, 1.54) is 18.5 Å². The standard InChI is InChI=1S/C21H16ClFN4O/c22-15-5-1-13(2-6-15)20-19-17(26-21-24-11-25-27(20)21)9-14(10-18(19)28)12-3-7-16(23)8-4-12/h1-9,11,14,19-20H,10H2,(H,24,25,26)/t14-,19-,20-/m1/s1. The fourth-order valence-corrected chi connectivity index (χ4v) is 4.22. The first-order valence-corrected chi connectivity index (χ1v) is 9.40. The molecule has 0 saturated heterocycles. The Bertz CT molecular complexity index is 1070. The number of carbonyl (C=O) groups excluding carboxylic acids is 1. The highest BCUT2D eigenvalue weighted by atomic mass is 35.5. The van der Waals surface area contributed by atoms with Crippen molar-refractivity contribution in [2.24, 2.45) is 5.92 Å². The van der Waals surface area contributed by atoms with Crippen molar-refractivity contribution >= 4 is 23.3 Å². The Morgan fingerprint density at radius 1 is 1.07 bits per heavy atom. The van der Waals surface area contributed by atoms with E-state index in [4.69, 9.17) is 11.6 Å². The van der Waals surface area contributed by atoms with Gasteiger partial charge in [-0.3, -0.25) is 4.79 Å². The average molecular weight is 395 g/mol. The molecule has 2 aliphatic rings. The number of carbonyl (C=O) groups is 1. The van der Waals surface area contributed by atoms with Gasteiger partial charge in [0.1, 0.15) is 17.9 Å². The third kappa shape index (κ3) is 2.81. The Morgan fingerprint density at radius 3 is 2.54 bits per heavy atom. The summed E-state index contributed by atoms with van der Waals surface area (Å²) >= 11 is 6.04. The van der Waals surface area contributed by atoms with Crippen molar-refractivity contribution in [2.75, 3.05) is 5.32 Å². The number of halogens is 2. The molecule has 1 N–H and O–H groups in total. The molecule has 7 heteroatoms. The largest absolute Gasteiger partial charge is 0.328 e. The Balaban J connectivity index is 1.60. The van der Waals surface area contributed by atoms with Crippen molar-refractivity contribution in [3.05, 3.63) is 88.6 Å². The number of anilines is 1. The van der Waals surface area contributed by atoms with Crippen LogP contribution in [-0.2, 0) is 4.79 Å². The molecule has 2 aromatic carbocycles. The molecule has 1 aromatic heterocycles. The molecule has 5 nitrogen and oxygen atoms in total. The quantitative estimate of drug-likeness (QED) is 0.702. The van der Waals surface area contributed by atoms with Crippen LogP contribution >= 0.6 is 11.6 Å². The fourth-order valence-electron chi connectivity index (χ4n) is 4.09. The lowest BCUT2D eigenvalue weighted by atomic mass is 9.76. The summed E-state index contributed by atoms with van der Waals surface area (Å²) in [6.45, 7) is 0. The minimum atomic E-state index is -0.382. The van der Waals surface area contributed by atoms with Gasteiger partial charge in [-0.05, 0) is 35.4 Å². The normalized spacial score (nSPS) is 23.4. The van der Waals surface area contributed by atoms with Gasteiger partial charge in [-0.1, -0.05) is 41.9 Å². The molecule has 0 spiro atoms. The molecule has 1 aliphatic carbocycles. The van der Waals surface area contributed by atoms with E-state index in [-0.39, 0.29) is 29.5 Å². The molecule has 0 saturated carbocycles. The molecule has 28 heavy (non-hydrogen) atoms. The van der Waals surface area contributed by atoms with Crippen molar-refractivity contribution < 1.29 is 9.18 Å². The van der Waals surface area contributed by atoms with Crippen molar-refractivity contribution in [1.82, 2.24) is 14.8 Å². The van der Waals surface area contributed by atoms with Crippen molar-refractivity contribution in [2.45, 2.75) is 18.4 Å². The molecule has 140 valence electrons. The van der Waals surface area contributed by atoms with E-state index in [1.807, 2.05) is 24.3 Å². The lowest BCUT2D eigenvalue weighted by Crippen LogP contribution is -2.40. The van der Waals surface area contributed by atoms with Gasteiger partial charge in [-0.25, -0.2) is 9.07 Å². The van der Waals surface area contributed by atoms with Gasteiger partial charge < -0.3 is 5.32 Å². The summed E-state index contributed by atoms with van der Waals surface area (Å²) in [5, 5.41) is 8.24. The summed E-state index contributed by atoms with van der Waals surface area (Å²) < 4.78 is 15.0. The van der Waals surface area contributed by atoms with Crippen LogP contribution in [0.3, 0.4) is 0 Å². The van der Waals surface area contributed by atoms with E-state index in [9.17, 15) is 9.18 Å². The summed E-state index contributed by atoms with van der Waals surface area (Å²) in [6.07, 6.45) is 3.89. The number of benzene rings is 2. The molecule has 5 rings (SSSR count). The van der Waals surface area contributed by atoms with Gasteiger partial charge in [0.25, 0.3) is 0 Å². The van der Waals surface area contributed by atoms with Crippen LogP contribution in [-0.4, -0.2) is 20.5 Å². The number of Topliss-reactive ketones (excluding diaryl/α,β-unsaturated/α-hetero) is 1. The van der Waals surface area contributed by atoms with Gasteiger partial charge in [-0.15, -0.1) is 0 Å².